The van der Waals surface area contributed by atoms with Gasteiger partial charge in [0.15, 0.2) is 5.71 Å². The summed E-state index contributed by atoms with van der Waals surface area (Å²) in [6, 6.07) is 17.6. The van der Waals surface area contributed by atoms with E-state index in [9.17, 15) is 0 Å². The first-order valence-corrected chi connectivity index (χ1v) is 11.9. The molecule has 0 atom stereocenters. The highest BCUT2D eigenvalue weighted by Gasteiger charge is 2.42. The molecule has 2 aromatic carbocycles. The van der Waals surface area contributed by atoms with E-state index in [0.717, 1.165) is 6.54 Å². The van der Waals surface area contributed by atoms with Gasteiger partial charge in [-0.2, -0.15) is 4.58 Å². The van der Waals surface area contributed by atoms with E-state index in [4.69, 9.17) is 0 Å². The van der Waals surface area contributed by atoms with Gasteiger partial charge in [0.05, 0.1) is 5.41 Å². The van der Waals surface area contributed by atoms with E-state index < -0.39 is 0 Å². The standard InChI is InChI=1S/C30H37N2/c1-7-8-22-32-26-19-15-13-17-24(26)30(4,5)28(32)21-11-9-10-20-27-29(2,3)23-16-12-14-18-25(23)31(27)6/h9-21H,7-8,22H2,1-6H3/q+1. The van der Waals surface area contributed by atoms with Crippen molar-refractivity contribution in [3.8, 4) is 0 Å². The Morgan fingerprint density at radius 1 is 0.844 bits per heavy atom. The van der Waals surface area contributed by atoms with Crippen molar-refractivity contribution in [2.24, 2.45) is 0 Å². The molecule has 2 aliphatic rings. The summed E-state index contributed by atoms with van der Waals surface area (Å²) < 4.78 is 2.32. The van der Waals surface area contributed by atoms with Crippen LogP contribution < -0.4 is 4.90 Å². The van der Waals surface area contributed by atoms with Crippen LogP contribution in [0, 0.1) is 0 Å². The Kier molecular flexibility index (Phi) is 5.99. The highest BCUT2D eigenvalue weighted by atomic mass is 15.2. The fourth-order valence-corrected chi connectivity index (χ4v) is 5.36. The summed E-state index contributed by atoms with van der Waals surface area (Å²) in [5.74, 6) is 0. The minimum absolute atomic E-state index is 0.0141. The molecule has 0 saturated carbocycles. The lowest BCUT2D eigenvalue weighted by Crippen LogP contribution is -2.27. The van der Waals surface area contributed by atoms with Gasteiger partial charge < -0.3 is 4.90 Å². The fourth-order valence-electron chi connectivity index (χ4n) is 5.36. The zero-order chi connectivity index (χ0) is 22.9. The minimum Gasteiger partial charge on any atom is -0.344 e. The van der Waals surface area contributed by atoms with Crippen LogP contribution in [-0.4, -0.2) is 23.9 Å². The second kappa shape index (κ2) is 8.58. The van der Waals surface area contributed by atoms with E-state index in [1.54, 1.807) is 0 Å². The van der Waals surface area contributed by atoms with Gasteiger partial charge in [-0.3, -0.25) is 0 Å². The topological polar surface area (TPSA) is 6.25 Å². The van der Waals surface area contributed by atoms with Crippen LogP contribution in [0.2, 0.25) is 0 Å². The van der Waals surface area contributed by atoms with Gasteiger partial charge in [-0.25, -0.2) is 0 Å². The zero-order valence-corrected chi connectivity index (χ0v) is 20.5. The lowest BCUT2D eigenvalue weighted by molar-refractivity contribution is -0.401. The molecular weight excluding hydrogens is 388 g/mol. The number of fused-ring (bicyclic) bond motifs is 2. The SMILES string of the molecule is CCCCN1\C(=C/C=C/C=C/C2=[N+](C)c3ccccc3C2(C)C)C(C)(C)c2ccccc21. The number of hydrogen-bond acceptors (Lipinski definition) is 1. The minimum atomic E-state index is 0.0141. The van der Waals surface area contributed by atoms with E-state index in [0.29, 0.717) is 0 Å². The Morgan fingerprint density at radius 2 is 1.53 bits per heavy atom. The molecule has 0 fully saturated rings. The number of rotatable bonds is 6. The third-order valence-corrected chi connectivity index (χ3v) is 7.21. The normalized spacial score (nSPS) is 20.1. The molecule has 0 aliphatic carbocycles. The molecule has 2 nitrogen and oxygen atoms in total. The van der Waals surface area contributed by atoms with Crippen LogP contribution >= 0.6 is 0 Å². The maximum Gasteiger partial charge on any atom is 0.209 e. The Labute approximate surface area is 194 Å². The third-order valence-electron chi connectivity index (χ3n) is 7.21. The van der Waals surface area contributed by atoms with Gasteiger partial charge >= 0.3 is 0 Å². The number of nitrogens with zero attached hydrogens (tertiary/aromatic N) is 2. The van der Waals surface area contributed by atoms with Gasteiger partial charge in [0.2, 0.25) is 5.69 Å². The van der Waals surface area contributed by atoms with E-state index >= 15 is 0 Å². The Balaban J connectivity index is 1.58. The van der Waals surface area contributed by atoms with Crippen LogP contribution in [0.3, 0.4) is 0 Å². The summed E-state index contributed by atoms with van der Waals surface area (Å²) in [5.41, 5.74) is 8.23. The number of para-hydroxylation sites is 2. The van der Waals surface area contributed by atoms with Gasteiger partial charge in [-0.05, 0) is 38.0 Å². The monoisotopic (exact) mass is 425 g/mol. The van der Waals surface area contributed by atoms with E-state index in [-0.39, 0.29) is 10.8 Å². The molecule has 2 aliphatic heterocycles. The lowest BCUT2D eigenvalue weighted by atomic mass is 9.81. The summed E-state index contributed by atoms with van der Waals surface area (Å²) in [4.78, 5) is 2.52. The Morgan fingerprint density at radius 3 is 2.25 bits per heavy atom. The van der Waals surface area contributed by atoms with E-state index in [2.05, 4.69) is 130 Å². The molecule has 0 unspecified atom stereocenters. The summed E-state index contributed by atoms with van der Waals surface area (Å²) in [6.45, 7) is 12.6. The number of unbranched alkanes of at least 4 members (excludes halogenated alkanes) is 1. The van der Waals surface area contributed by atoms with Crippen LogP contribution in [0.5, 0.6) is 0 Å². The second-order valence-electron chi connectivity index (χ2n) is 10.0. The predicted molar refractivity (Wildman–Crippen MR) is 138 cm³/mol. The summed E-state index contributed by atoms with van der Waals surface area (Å²) >= 11 is 0. The highest BCUT2D eigenvalue weighted by Crippen LogP contribution is 2.47. The number of hydrogen-bond donors (Lipinski definition) is 0. The average molecular weight is 426 g/mol. The van der Waals surface area contributed by atoms with E-state index in [1.807, 2.05) is 0 Å². The number of benzene rings is 2. The highest BCUT2D eigenvalue weighted by molar-refractivity contribution is 6.03. The van der Waals surface area contributed by atoms with Gasteiger partial charge in [0, 0.05) is 41.1 Å². The molecule has 2 heterocycles. The van der Waals surface area contributed by atoms with Crippen LogP contribution in [0.4, 0.5) is 11.4 Å². The van der Waals surface area contributed by atoms with Crippen LogP contribution in [-0.2, 0) is 10.8 Å². The van der Waals surface area contributed by atoms with Gasteiger partial charge in [0.1, 0.15) is 7.05 Å². The second-order valence-corrected chi connectivity index (χ2v) is 10.0. The van der Waals surface area contributed by atoms with Crippen LogP contribution in [0.25, 0.3) is 0 Å². The molecule has 2 heteroatoms. The molecule has 166 valence electrons. The molecule has 0 N–H and O–H groups in total. The van der Waals surface area contributed by atoms with Crippen LogP contribution in [0.1, 0.15) is 58.6 Å². The largest absolute Gasteiger partial charge is 0.344 e. The molecule has 0 amide bonds. The lowest BCUT2D eigenvalue weighted by Gasteiger charge is -2.27. The maximum absolute atomic E-state index is 2.52. The molecular formula is C30H37N2+. The quantitative estimate of drug-likeness (QED) is 0.348. The summed E-state index contributed by atoms with van der Waals surface area (Å²) in [5, 5.41) is 0. The van der Waals surface area contributed by atoms with Gasteiger partial charge in [-0.1, -0.05) is 81.8 Å². The van der Waals surface area contributed by atoms with Crippen molar-refractivity contribution in [3.63, 3.8) is 0 Å². The molecule has 32 heavy (non-hydrogen) atoms. The molecule has 4 rings (SSSR count). The smallest absolute Gasteiger partial charge is 0.209 e. The first kappa shape index (κ1) is 22.3. The van der Waals surface area contributed by atoms with Crippen molar-refractivity contribution >= 4 is 17.1 Å². The van der Waals surface area contributed by atoms with Crippen molar-refractivity contribution in [1.82, 2.24) is 0 Å². The first-order valence-electron chi connectivity index (χ1n) is 11.9. The number of anilines is 1. The zero-order valence-electron chi connectivity index (χ0n) is 20.5. The Hall–Kier alpha value is -2.87. The molecule has 0 aromatic heterocycles. The molecule has 0 saturated heterocycles. The van der Waals surface area contributed by atoms with Gasteiger partial charge in [0.25, 0.3) is 0 Å². The molecule has 0 radical (unpaired) electrons. The van der Waals surface area contributed by atoms with Crippen molar-refractivity contribution in [3.05, 3.63) is 95.7 Å². The molecule has 0 spiro atoms. The van der Waals surface area contributed by atoms with Crippen LogP contribution in [0.15, 0.2) is 84.6 Å². The van der Waals surface area contributed by atoms with Gasteiger partial charge in [-0.15, -0.1) is 0 Å². The van der Waals surface area contributed by atoms with Crippen molar-refractivity contribution in [2.75, 3.05) is 18.5 Å². The van der Waals surface area contributed by atoms with Crippen molar-refractivity contribution < 1.29 is 4.58 Å². The fraction of sp³-hybridized carbons (Fsp3) is 0.367. The first-order chi connectivity index (χ1) is 15.3. The van der Waals surface area contributed by atoms with E-state index in [1.165, 1.54) is 46.8 Å². The third kappa shape index (κ3) is 3.66. The predicted octanol–water partition coefficient (Wildman–Crippen LogP) is 7.29. The Bertz CT molecular complexity index is 1130. The van der Waals surface area contributed by atoms with Crippen molar-refractivity contribution in [2.45, 2.75) is 58.3 Å². The summed E-state index contributed by atoms with van der Waals surface area (Å²) in [7, 11) is 2.17. The molecule has 0 bridgehead atoms. The molecule has 2 aromatic rings. The maximum atomic E-state index is 2.52. The summed E-state index contributed by atoms with van der Waals surface area (Å²) in [6.07, 6.45) is 13.5. The average Bonchev–Trinajstić information content (AvgIpc) is 3.11. The van der Waals surface area contributed by atoms with Crippen molar-refractivity contribution in [1.29, 1.82) is 0 Å². The number of allylic oxidation sites excluding steroid dienone is 6.